The molecule has 0 amide bonds. The van der Waals surface area contributed by atoms with Gasteiger partial charge in [-0.1, -0.05) is 25.5 Å². The van der Waals surface area contributed by atoms with E-state index in [-0.39, 0.29) is 24.3 Å². The monoisotopic (exact) mass is 398 g/mol. The van der Waals surface area contributed by atoms with Crippen molar-refractivity contribution in [1.29, 1.82) is 0 Å². The fraction of sp³-hybridized carbons (Fsp3) is 0.600. The number of hydrogen-bond acceptors (Lipinski definition) is 7. The Morgan fingerprint density at radius 2 is 1.21 bits per heavy atom. The van der Waals surface area contributed by atoms with Crippen LogP contribution in [0, 0.1) is 0 Å². The van der Waals surface area contributed by atoms with Crippen LogP contribution < -0.4 is 0 Å². The molecule has 0 bridgehead atoms. The van der Waals surface area contributed by atoms with Gasteiger partial charge in [0.05, 0.1) is 57.4 Å². The fourth-order valence-corrected chi connectivity index (χ4v) is 2.13. The molecular formula is C20H30O8. The summed E-state index contributed by atoms with van der Waals surface area (Å²) in [4.78, 5) is 23.0. The molecule has 1 aromatic carbocycles. The third-order valence-electron chi connectivity index (χ3n) is 3.60. The minimum Gasteiger partial charge on any atom is -0.478 e. The van der Waals surface area contributed by atoms with Crippen LogP contribution in [-0.2, 0) is 23.7 Å². The smallest absolute Gasteiger partial charge is 0.339 e. The first-order chi connectivity index (χ1) is 13.7. The van der Waals surface area contributed by atoms with Gasteiger partial charge in [0.15, 0.2) is 0 Å². The van der Waals surface area contributed by atoms with E-state index in [0.717, 1.165) is 19.4 Å². The summed E-state index contributed by atoms with van der Waals surface area (Å²) in [6.45, 7) is 6.03. The zero-order valence-electron chi connectivity index (χ0n) is 16.4. The van der Waals surface area contributed by atoms with Gasteiger partial charge in [0, 0.05) is 6.61 Å². The van der Waals surface area contributed by atoms with Crippen LogP contribution in [0.4, 0.5) is 0 Å². The van der Waals surface area contributed by atoms with Gasteiger partial charge in [0.1, 0.15) is 6.61 Å². The highest BCUT2D eigenvalue weighted by Gasteiger charge is 2.16. The van der Waals surface area contributed by atoms with Crippen LogP contribution in [-0.4, -0.2) is 76.5 Å². The normalized spacial score (nSPS) is 10.8. The number of rotatable bonds is 17. The van der Waals surface area contributed by atoms with Crippen molar-refractivity contribution in [2.45, 2.75) is 19.8 Å². The van der Waals surface area contributed by atoms with E-state index in [1.54, 1.807) is 12.1 Å². The van der Waals surface area contributed by atoms with Crippen LogP contribution in [0.1, 0.15) is 40.5 Å². The molecule has 1 aromatic rings. The SMILES string of the molecule is CCCCOCCOCCOCCOCCOC(=O)c1ccccc1C(=O)O. The van der Waals surface area contributed by atoms with Crippen LogP contribution in [0.3, 0.4) is 0 Å². The zero-order chi connectivity index (χ0) is 20.5. The van der Waals surface area contributed by atoms with Crippen LogP contribution in [0.25, 0.3) is 0 Å². The maximum absolute atomic E-state index is 11.9. The minimum atomic E-state index is -1.17. The quantitative estimate of drug-likeness (QED) is 0.315. The highest BCUT2D eigenvalue weighted by atomic mass is 16.6. The van der Waals surface area contributed by atoms with E-state index in [2.05, 4.69) is 6.92 Å². The molecular weight excluding hydrogens is 368 g/mol. The molecule has 0 aliphatic carbocycles. The van der Waals surface area contributed by atoms with E-state index in [1.165, 1.54) is 12.1 Å². The molecule has 0 aliphatic heterocycles. The van der Waals surface area contributed by atoms with E-state index in [1.807, 2.05) is 0 Å². The van der Waals surface area contributed by atoms with Crippen molar-refractivity contribution in [3.05, 3.63) is 35.4 Å². The lowest BCUT2D eigenvalue weighted by atomic mass is 10.1. The molecule has 0 spiro atoms. The molecule has 28 heavy (non-hydrogen) atoms. The largest absolute Gasteiger partial charge is 0.478 e. The molecule has 0 aromatic heterocycles. The number of benzene rings is 1. The van der Waals surface area contributed by atoms with E-state index in [4.69, 9.17) is 28.8 Å². The minimum absolute atomic E-state index is 0.0223. The predicted molar refractivity (Wildman–Crippen MR) is 102 cm³/mol. The number of carbonyl (C=O) groups is 2. The van der Waals surface area contributed by atoms with Gasteiger partial charge in [-0.3, -0.25) is 0 Å². The molecule has 0 saturated carbocycles. The van der Waals surface area contributed by atoms with Crippen LogP contribution in [0.2, 0.25) is 0 Å². The van der Waals surface area contributed by atoms with Gasteiger partial charge in [0.25, 0.3) is 0 Å². The third-order valence-corrected chi connectivity index (χ3v) is 3.60. The highest BCUT2D eigenvalue weighted by Crippen LogP contribution is 2.10. The van der Waals surface area contributed by atoms with Gasteiger partial charge >= 0.3 is 11.9 Å². The summed E-state index contributed by atoms with van der Waals surface area (Å²) in [5, 5.41) is 9.06. The molecule has 0 heterocycles. The van der Waals surface area contributed by atoms with Gasteiger partial charge in [-0.05, 0) is 18.6 Å². The molecule has 158 valence electrons. The second-order valence-corrected chi connectivity index (χ2v) is 5.79. The lowest BCUT2D eigenvalue weighted by molar-refractivity contribution is -0.00910. The first-order valence-corrected chi connectivity index (χ1v) is 9.47. The van der Waals surface area contributed by atoms with Gasteiger partial charge < -0.3 is 28.8 Å². The molecule has 8 nitrogen and oxygen atoms in total. The van der Waals surface area contributed by atoms with Crippen LogP contribution in [0.5, 0.6) is 0 Å². The number of aromatic carboxylic acids is 1. The summed E-state index contributed by atoms with van der Waals surface area (Å²) in [5.41, 5.74) is -0.0642. The molecule has 0 atom stereocenters. The first-order valence-electron chi connectivity index (χ1n) is 9.47. The lowest BCUT2D eigenvalue weighted by Gasteiger charge is -2.09. The Labute approximate surface area is 165 Å². The summed E-state index contributed by atoms with van der Waals surface area (Å²) >= 11 is 0. The summed E-state index contributed by atoms with van der Waals surface area (Å²) in [5.74, 6) is -1.86. The number of carboxylic acids is 1. The highest BCUT2D eigenvalue weighted by molar-refractivity contribution is 6.02. The van der Waals surface area contributed by atoms with Gasteiger partial charge in [-0.2, -0.15) is 0 Å². The van der Waals surface area contributed by atoms with Gasteiger partial charge in [-0.25, -0.2) is 9.59 Å². The summed E-state index contributed by atoms with van der Waals surface area (Å²) in [7, 11) is 0. The second-order valence-electron chi connectivity index (χ2n) is 5.79. The van der Waals surface area contributed by atoms with Crippen molar-refractivity contribution in [1.82, 2.24) is 0 Å². The molecule has 0 aliphatic rings. The Morgan fingerprint density at radius 1 is 0.750 bits per heavy atom. The Bertz CT molecular complexity index is 561. The molecule has 0 unspecified atom stereocenters. The molecule has 0 fully saturated rings. The number of carboxylic acid groups (broad SMARTS) is 1. The van der Waals surface area contributed by atoms with Crippen molar-refractivity contribution < 1.29 is 38.4 Å². The molecule has 0 radical (unpaired) electrons. The van der Waals surface area contributed by atoms with E-state index in [0.29, 0.717) is 39.6 Å². The Balaban J connectivity index is 1.94. The number of esters is 1. The number of unbranched alkanes of at least 4 members (excludes halogenated alkanes) is 1. The second kappa shape index (κ2) is 16.0. The average Bonchev–Trinajstić information content (AvgIpc) is 2.70. The van der Waals surface area contributed by atoms with Gasteiger partial charge in [-0.15, -0.1) is 0 Å². The zero-order valence-corrected chi connectivity index (χ0v) is 16.4. The maximum Gasteiger partial charge on any atom is 0.339 e. The van der Waals surface area contributed by atoms with Crippen molar-refractivity contribution in [2.75, 3.05) is 59.5 Å². The Kier molecular flexibility index (Phi) is 13.7. The standard InChI is InChI=1S/C20H30O8/c1-2-3-8-24-9-10-25-11-12-26-13-14-27-15-16-28-20(23)18-7-5-4-6-17(18)19(21)22/h4-7H,2-3,8-16H2,1H3,(H,21,22). The Hall–Kier alpha value is -2.00. The summed E-state index contributed by atoms with van der Waals surface area (Å²) < 4.78 is 26.4. The first kappa shape index (κ1) is 24.0. The molecule has 1 rings (SSSR count). The molecule has 0 saturated heterocycles. The maximum atomic E-state index is 11.9. The Morgan fingerprint density at radius 3 is 1.71 bits per heavy atom. The predicted octanol–water partition coefficient (Wildman–Crippen LogP) is 2.41. The molecule has 1 N–H and O–H groups in total. The topological polar surface area (TPSA) is 101 Å². The summed E-state index contributed by atoms with van der Waals surface area (Å²) in [6.07, 6.45) is 2.19. The summed E-state index contributed by atoms with van der Waals surface area (Å²) in [6, 6.07) is 5.91. The number of carbonyl (C=O) groups excluding carboxylic acids is 1. The lowest BCUT2D eigenvalue weighted by Crippen LogP contribution is -2.16. The van der Waals surface area contributed by atoms with E-state index < -0.39 is 11.9 Å². The van der Waals surface area contributed by atoms with Crippen molar-refractivity contribution in [3.8, 4) is 0 Å². The van der Waals surface area contributed by atoms with Crippen molar-refractivity contribution >= 4 is 11.9 Å². The molecule has 8 heteroatoms. The van der Waals surface area contributed by atoms with Crippen molar-refractivity contribution in [2.24, 2.45) is 0 Å². The third kappa shape index (κ3) is 11.0. The number of ether oxygens (including phenoxy) is 5. The van der Waals surface area contributed by atoms with E-state index in [9.17, 15) is 9.59 Å². The van der Waals surface area contributed by atoms with Crippen LogP contribution in [0.15, 0.2) is 24.3 Å². The van der Waals surface area contributed by atoms with Crippen molar-refractivity contribution in [3.63, 3.8) is 0 Å². The average molecular weight is 398 g/mol. The van der Waals surface area contributed by atoms with Gasteiger partial charge in [0.2, 0.25) is 0 Å². The van der Waals surface area contributed by atoms with Crippen LogP contribution >= 0.6 is 0 Å². The van der Waals surface area contributed by atoms with E-state index >= 15 is 0 Å². The number of hydrogen-bond donors (Lipinski definition) is 1. The fourth-order valence-electron chi connectivity index (χ4n) is 2.13.